The van der Waals surface area contributed by atoms with Crippen LogP contribution in [0.3, 0.4) is 0 Å². The highest BCUT2D eigenvalue weighted by Gasteiger charge is 2.13. The topological polar surface area (TPSA) is 42.4 Å². The number of pyridine rings is 1. The predicted molar refractivity (Wildman–Crippen MR) is 99.4 cm³/mol. The fourth-order valence-corrected chi connectivity index (χ4v) is 2.68. The number of amides is 1. The van der Waals surface area contributed by atoms with Gasteiger partial charge in [-0.1, -0.05) is 48.5 Å². The van der Waals surface area contributed by atoms with Crippen LogP contribution in [0, 0.1) is 6.92 Å². The number of hydrogen-bond donors (Lipinski definition) is 0. The van der Waals surface area contributed by atoms with E-state index >= 15 is 0 Å². The van der Waals surface area contributed by atoms with Crippen LogP contribution in [0.15, 0.2) is 73.1 Å². The SMILES string of the molecule is Cc1c(COC(=O)N(C)c2ccncc2)cccc1-c1ccccc1. The van der Waals surface area contributed by atoms with Crippen LogP contribution in [0.2, 0.25) is 0 Å². The highest BCUT2D eigenvalue weighted by molar-refractivity contribution is 5.86. The van der Waals surface area contributed by atoms with Crippen LogP contribution in [0.1, 0.15) is 11.1 Å². The minimum absolute atomic E-state index is 0.237. The van der Waals surface area contributed by atoms with Gasteiger partial charge in [-0.3, -0.25) is 9.88 Å². The molecule has 2 aromatic carbocycles. The van der Waals surface area contributed by atoms with Crippen molar-refractivity contribution in [3.05, 3.63) is 84.2 Å². The van der Waals surface area contributed by atoms with E-state index in [9.17, 15) is 4.79 Å². The molecular weight excluding hydrogens is 312 g/mol. The van der Waals surface area contributed by atoms with Crippen molar-refractivity contribution in [3.8, 4) is 11.1 Å². The molecule has 0 aliphatic heterocycles. The minimum Gasteiger partial charge on any atom is -0.444 e. The molecule has 4 nitrogen and oxygen atoms in total. The fourth-order valence-electron chi connectivity index (χ4n) is 2.68. The van der Waals surface area contributed by atoms with Gasteiger partial charge in [0.15, 0.2) is 0 Å². The van der Waals surface area contributed by atoms with E-state index in [1.807, 2.05) is 30.3 Å². The Labute approximate surface area is 147 Å². The molecule has 1 aromatic heterocycles. The van der Waals surface area contributed by atoms with Crippen LogP contribution in [0.25, 0.3) is 11.1 Å². The number of hydrogen-bond acceptors (Lipinski definition) is 3. The van der Waals surface area contributed by atoms with Crippen molar-refractivity contribution in [1.82, 2.24) is 4.98 Å². The molecule has 25 heavy (non-hydrogen) atoms. The summed E-state index contributed by atoms with van der Waals surface area (Å²) >= 11 is 0. The van der Waals surface area contributed by atoms with Crippen molar-refractivity contribution in [1.29, 1.82) is 0 Å². The van der Waals surface area contributed by atoms with E-state index in [0.717, 1.165) is 27.9 Å². The summed E-state index contributed by atoms with van der Waals surface area (Å²) in [5.74, 6) is 0. The molecule has 0 saturated heterocycles. The molecular formula is C21H20N2O2. The molecule has 4 heteroatoms. The van der Waals surface area contributed by atoms with E-state index in [1.54, 1.807) is 31.6 Å². The van der Waals surface area contributed by atoms with Gasteiger partial charge in [-0.15, -0.1) is 0 Å². The molecule has 0 fully saturated rings. The smallest absolute Gasteiger partial charge is 0.414 e. The standard InChI is InChI=1S/C21H20N2O2/c1-16-18(9-6-10-20(16)17-7-4-3-5-8-17)15-25-21(24)23(2)19-11-13-22-14-12-19/h3-14H,15H2,1-2H3. The first-order valence-electron chi connectivity index (χ1n) is 8.11. The Morgan fingerprint density at radius 2 is 1.72 bits per heavy atom. The number of anilines is 1. The Morgan fingerprint density at radius 3 is 2.44 bits per heavy atom. The van der Waals surface area contributed by atoms with Crippen LogP contribution < -0.4 is 4.90 Å². The lowest BCUT2D eigenvalue weighted by Crippen LogP contribution is -2.27. The van der Waals surface area contributed by atoms with Gasteiger partial charge in [0, 0.05) is 25.1 Å². The normalized spacial score (nSPS) is 10.3. The van der Waals surface area contributed by atoms with Gasteiger partial charge in [0.25, 0.3) is 0 Å². The Balaban J connectivity index is 1.73. The Bertz CT molecular complexity index is 848. The predicted octanol–water partition coefficient (Wildman–Crippen LogP) is 4.83. The molecule has 3 aromatic rings. The van der Waals surface area contributed by atoms with Crippen molar-refractivity contribution >= 4 is 11.8 Å². The summed E-state index contributed by atoms with van der Waals surface area (Å²) in [6.45, 7) is 2.29. The summed E-state index contributed by atoms with van der Waals surface area (Å²) in [5.41, 5.74) is 5.17. The van der Waals surface area contributed by atoms with E-state index in [0.29, 0.717) is 0 Å². The van der Waals surface area contributed by atoms with Gasteiger partial charge in [-0.25, -0.2) is 4.79 Å². The third kappa shape index (κ3) is 3.86. The molecule has 0 N–H and O–H groups in total. The number of rotatable bonds is 4. The second kappa shape index (κ2) is 7.62. The van der Waals surface area contributed by atoms with E-state index in [4.69, 9.17) is 4.74 Å². The number of nitrogens with zero attached hydrogens (tertiary/aromatic N) is 2. The molecule has 3 rings (SSSR count). The molecule has 0 saturated carbocycles. The maximum Gasteiger partial charge on any atom is 0.414 e. The average molecular weight is 332 g/mol. The minimum atomic E-state index is -0.393. The summed E-state index contributed by atoms with van der Waals surface area (Å²) in [5, 5.41) is 0. The highest BCUT2D eigenvalue weighted by atomic mass is 16.6. The zero-order valence-electron chi connectivity index (χ0n) is 14.3. The van der Waals surface area contributed by atoms with E-state index in [1.165, 1.54) is 4.90 Å². The lowest BCUT2D eigenvalue weighted by Gasteiger charge is -2.18. The first-order chi connectivity index (χ1) is 12.2. The summed E-state index contributed by atoms with van der Waals surface area (Å²) < 4.78 is 5.48. The van der Waals surface area contributed by atoms with Crippen LogP contribution in [0.4, 0.5) is 10.5 Å². The van der Waals surface area contributed by atoms with Crippen LogP contribution >= 0.6 is 0 Å². The lowest BCUT2D eigenvalue weighted by molar-refractivity contribution is 0.148. The lowest BCUT2D eigenvalue weighted by atomic mass is 9.97. The van der Waals surface area contributed by atoms with Crippen LogP contribution in [0.5, 0.6) is 0 Å². The molecule has 0 spiro atoms. The molecule has 0 atom stereocenters. The number of ether oxygens (including phenoxy) is 1. The summed E-state index contributed by atoms with van der Waals surface area (Å²) in [6.07, 6.45) is 2.90. The Morgan fingerprint density at radius 1 is 1.00 bits per heavy atom. The maximum atomic E-state index is 12.3. The van der Waals surface area contributed by atoms with Crippen LogP contribution in [-0.2, 0) is 11.3 Å². The number of carbonyl (C=O) groups excluding carboxylic acids is 1. The first-order valence-corrected chi connectivity index (χ1v) is 8.11. The van der Waals surface area contributed by atoms with Gasteiger partial charge < -0.3 is 4.74 Å². The second-order valence-corrected chi connectivity index (χ2v) is 5.77. The number of aromatic nitrogens is 1. The molecule has 0 bridgehead atoms. The average Bonchev–Trinajstić information content (AvgIpc) is 2.67. The molecule has 1 heterocycles. The van der Waals surface area contributed by atoms with Gasteiger partial charge in [0.05, 0.1) is 0 Å². The first kappa shape index (κ1) is 16.7. The van der Waals surface area contributed by atoms with E-state index in [2.05, 4.69) is 30.1 Å². The highest BCUT2D eigenvalue weighted by Crippen LogP contribution is 2.26. The quantitative estimate of drug-likeness (QED) is 0.687. The van der Waals surface area contributed by atoms with Gasteiger partial charge >= 0.3 is 6.09 Å². The van der Waals surface area contributed by atoms with E-state index in [-0.39, 0.29) is 6.61 Å². The second-order valence-electron chi connectivity index (χ2n) is 5.77. The van der Waals surface area contributed by atoms with Crippen LogP contribution in [-0.4, -0.2) is 18.1 Å². The van der Waals surface area contributed by atoms with Crippen molar-refractivity contribution in [2.45, 2.75) is 13.5 Å². The summed E-state index contributed by atoms with van der Waals surface area (Å²) in [6, 6.07) is 19.8. The molecule has 0 radical (unpaired) electrons. The third-order valence-corrected chi connectivity index (χ3v) is 4.21. The van der Waals surface area contributed by atoms with Gasteiger partial charge in [0.1, 0.15) is 6.61 Å². The molecule has 0 unspecified atom stereocenters. The largest absolute Gasteiger partial charge is 0.444 e. The molecule has 126 valence electrons. The van der Waals surface area contributed by atoms with Gasteiger partial charge in [-0.2, -0.15) is 0 Å². The van der Waals surface area contributed by atoms with Gasteiger partial charge in [-0.05, 0) is 41.3 Å². The Hall–Kier alpha value is -3.14. The van der Waals surface area contributed by atoms with Gasteiger partial charge in [0.2, 0.25) is 0 Å². The number of carbonyl (C=O) groups is 1. The summed E-state index contributed by atoms with van der Waals surface area (Å²) in [4.78, 5) is 17.7. The zero-order valence-corrected chi connectivity index (χ0v) is 14.3. The monoisotopic (exact) mass is 332 g/mol. The van der Waals surface area contributed by atoms with Crippen molar-refractivity contribution < 1.29 is 9.53 Å². The van der Waals surface area contributed by atoms with E-state index < -0.39 is 6.09 Å². The summed E-state index contributed by atoms with van der Waals surface area (Å²) in [7, 11) is 1.69. The molecule has 0 aliphatic rings. The fraction of sp³-hybridized carbons (Fsp3) is 0.143. The third-order valence-electron chi connectivity index (χ3n) is 4.21. The Kier molecular flexibility index (Phi) is 5.09. The van der Waals surface area contributed by atoms with Crippen molar-refractivity contribution in [3.63, 3.8) is 0 Å². The maximum absolute atomic E-state index is 12.3. The van der Waals surface area contributed by atoms with Crippen molar-refractivity contribution in [2.24, 2.45) is 0 Å². The zero-order chi connectivity index (χ0) is 17.6. The van der Waals surface area contributed by atoms with Crippen molar-refractivity contribution in [2.75, 3.05) is 11.9 Å². The molecule has 1 amide bonds. The number of benzene rings is 2. The molecule has 0 aliphatic carbocycles.